The molecule has 2 atom stereocenters. The van der Waals surface area contributed by atoms with Crippen molar-refractivity contribution in [1.82, 2.24) is 10.8 Å². The predicted molar refractivity (Wildman–Crippen MR) is 94.1 cm³/mol. The van der Waals surface area contributed by atoms with Crippen molar-refractivity contribution in [2.45, 2.75) is 39.2 Å². The first-order valence-electron chi connectivity index (χ1n) is 8.56. The summed E-state index contributed by atoms with van der Waals surface area (Å²) in [5.41, 5.74) is 3.09. The quantitative estimate of drug-likeness (QED) is 0.498. The highest BCUT2D eigenvalue weighted by Crippen LogP contribution is 2.28. The first-order valence-corrected chi connectivity index (χ1v) is 8.56. The van der Waals surface area contributed by atoms with Gasteiger partial charge in [-0.1, -0.05) is 32.0 Å². The molecule has 1 aliphatic heterocycles. The van der Waals surface area contributed by atoms with Crippen molar-refractivity contribution in [1.29, 1.82) is 0 Å². The number of benzene rings is 1. The molecule has 2 rings (SSSR count). The smallest absolute Gasteiger partial charge is 0.273 e. The van der Waals surface area contributed by atoms with Crippen molar-refractivity contribution >= 4 is 23.4 Å². The highest BCUT2D eigenvalue weighted by Gasteiger charge is 2.35. The molecule has 0 unspecified atom stereocenters. The number of hydrogen-bond donors (Lipinski definition) is 3. The monoisotopic (exact) mass is 363 g/mol. The van der Waals surface area contributed by atoms with Gasteiger partial charge in [-0.15, -0.1) is 0 Å². The number of carbonyl (C=O) groups excluding carboxylic acids is 3. The summed E-state index contributed by atoms with van der Waals surface area (Å²) in [6.07, 6.45) is 0.665. The van der Waals surface area contributed by atoms with Gasteiger partial charge in [0.1, 0.15) is 6.04 Å². The fraction of sp³-hybridized carbons (Fsp3) is 0.500. The molecule has 26 heavy (non-hydrogen) atoms. The molecule has 0 spiro atoms. The van der Waals surface area contributed by atoms with E-state index in [0.29, 0.717) is 18.5 Å². The number of amides is 3. The fourth-order valence-corrected chi connectivity index (χ4v) is 3.16. The van der Waals surface area contributed by atoms with E-state index < -0.39 is 23.8 Å². The minimum absolute atomic E-state index is 0.147. The maximum Gasteiger partial charge on any atom is 0.273 e. The van der Waals surface area contributed by atoms with Crippen LogP contribution in [0.1, 0.15) is 32.3 Å². The van der Waals surface area contributed by atoms with Crippen molar-refractivity contribution < 1.29 is 24.4 Å². The zero-order valence-electron chi connectivity index (χ0n) is 15.2. The van der Waals surface area contributed by atoms with E-state index in [2.05, 4.69) is 5.32 Å². The van der Waals surface area contributed by atoms with Gasteiger partial charge in [-0.2, -0.15) is 5.06 Å². The van der Waals surface area contributed by atoms with E-state index in [-0.39, 0.29) is 18.2 Å². The van der Waals surface area contributed by atoms with E-state index in [4.69, 9.17) is 10.0 Å². The van der Waals surface area contributed by atoms with E-state index in [9.17, 15) is 14.4 Å². The van der Waals surface area contributed by atoms with Crippen molar-refractivity contribution in [3.63, 3.8) is 0 Å². The summed E-state index contributed by atoms with van der Waals surface area (Å²) in [6.45, 7) is 3.87. The minimum atomic E-state index is -0.774. The number of nitrogens with zero attached hydrogens (tertiary/aromatic N) is 1. The third-order valence-electron chi connectivity index (χ3n) is 4.31. The molecule has 0 saturated carbocycles. The Morgan fingerprint density at radius 3 is 2.65 bits per heavy atom. The average Bonchev–Trinajstić information content (AvgIpc) is 2.61. The molecular formula is C18H25N3O5. The van der Waals surface area contributed by atoms with E-state index in [1.54, 1.807) is 11.5 Å². The van der Waals surface area contributed by atoms with Crippen LogP contribution in [0.3, 0.4) is 0 Å². The van der Waals surface area contributed by atoms with Crippen molar-refractivity contribution in [3.8, 4) is 0 Å². The first-order chi connectivity index (χ1) is 12.4. The molecule has 0 bridgehead atoms. The Balaban J connectivity index is 2.16. The van der Waals surface area contributed by atoms with Crippen molar-refractivity contribution in [3.05, 3.63) is 29.8 Å². The predicted octanol–water partition coefficient (Wildman–Crippen LogP) is 1.18. The van der Waals surface area contributed by atoms with Crippen LogP contribution in [-0.4, -0.2) is 36.1 Å². The molecule has 3 N–H and O–H groups in total. The number of anilines is 1. The molecule has 0 aliphatic carbocycles. The number of hydroxylamine groups is 2. The van der Waals surface area contributed by atoms with Gasteiger partial charge >= 0.3 is 0 Å². The zero-order chi connectivity index (χ0) is 19.3. The summed E-state index contributed by atoms with van der Waals surface area (Å²) < 4.78 is 0. The van der Waals surface area contributed by atoms with Gasteiger partial charge in [0.25, 0.3) is 5.91 Å². The number of nitrogens with one attached hydrogen (secondary N) is 2. The molecule has 0 radical (unpaired) electrons. The highest BCUT2D eigenvalue weighted by molar-refractivity contribution is 6.01. The van der Waals surface area contributed by atoms with E-state index in [1.807, 2.05) is 32.0 Å². The van der Waals surface area contributed by atoms with Crippen LogP contribution in [0.4, 0.5) is 5.69 Å². The van der Waals surface area contributed by atoms with Gasteiger partial charge < -0.3 is 5.32 Å². The molecule has 0 saturated heterocycles. The lowest BCUT2D eigenvalue weighted by Gasteiger charge is -2.33. The van der Waals surface area contributed by atoms with Crippen LogP contribution in [0, 0.1) is 11.8 Å². The second kappa shape index (κ2) is 8.77. The van der Waals surface area contributed by atoms with Crippen LogP contribution in [0.15, 0.2) is 24.3 Å². The molecule has 1 aromatic carbocycles. The van der Waals surface area contributed by atoms with Crippen LogP contribution in [0.5, 0.6) is 0 Å². The molecule has 0 fully saturated rings. The molecule has 1 aliphatic rings. The maximum atomic E-state index is 12.7. The van der Waals surface area contributed by atoms with Crippen LogP contribution >= 0.6 is 0 Å². The number of hydrogen-bond acceptors (Lipinski definition) is 5. The van der Waals surface area contributed by atoms with Gasteiger partial charge in [-0.3, -0.25) is 24.4 Å². The maximum absolute atomic E-state index is 12.7. The Bertz CT molecular complexity index is 677. The summed E-state index contributed by atoms with van der Waals surface area (Å²) in [7, 11) is 1.39. The molecule has 1 aromatic rings. The standard InChI is InChI=1S/C18H25N3O5/c1-11(2)8-13(10-16(22)20-25)17(23)19-14-9-12-6-4-5-7-15(12)21(26-3)18(14)24/h4-7,11,13-14,25H,8-10H2,1-3H3,(H,19,23)(H,20,22)/t13-,14+/m1/s1. The Morgan fingerprint density at radius 2 is 2.04 bits per heavy atom. The molecule has 8 nitrogen and oxygen atoms in total. The van der Waals surface area contributed by atoms with Crippen LogP contribution < -0.4 is 15.9 Å². The first kappa shape index (κ1) is 19.9. The van der Waals surface area contributed by atoms with E-state index in [1.165, 1.54) is 12.2 Å². The van der Waals surface area contributed by atoms with Crippen molar-refractivity contribution in [2.24, 2.45) is 11.8 Å². The van der Waals surface area contributed by atoms with Crippen LogP contribution in [-0.2, 0) is 25.6 Å². The zero-order valence-corrected chi connectivity index (χ0v) is 15.2. The summed E-state index contributed by atoms with van der Waals surface area (Å²) in [4.78, 5) is 42.0. The minimum Gasteiger partial charge on any atom is -0.344 e. The molecule has 8 heteroatoms. The Kier molecular flexibility index (Phi) is 6.70. The van der Waals surface area contributed by atoms with Crippen LogP contribution in [0.2, 0.25) is 0 Å². The third-order valence-corrected chi connectivity index (χ3v) is 4.31. The van der Waals surface area contributed by atoms with Gasteiger partial charge in [0, 0.05) is 18.8 Å². The third kappa shape index (κ3) is 4.59. The molecule has 142 valence electrons. The second-order valence-corrected chi connectivity index (χ2v) is 6.77. The normalized spacial score (nSPS) is 17.7. The topological polar surface area (TPSA) is 108 Å². The van der Waals surface area contributed by atoms with Gasteiger partial charge in [-0.05, 0) is 24.0 Å². The second-order valence-electron chi connectivity index (χ2n) is 6.77. The summed E-state index contributed by atoms with van der Waals surface area (Å²) in [6, 6.07) is 6.54. The lowest BCUT2D eigenvalue weighted by atomic mass is 9.92. The van der Waals surface area contributed by atoms with Gasteiger partial charge in [-0.25, -0.2) is 5.48 Å². The Labute approximate surface area is 152 Å². The lowest BCUT2D eigenvalue weighted by molar-refractivity contribution is -0.137. The van der Waals surface area contributed by atoms with Gasteiger partial charge in [0.05, 0.1) is 12.8 Å². The fourth-order valence-electron chi connectivity index (χ4n) is 3.16. The largest absolute Gasteiger partial charge is 0.344 e. The lowest BCUT2D eigenvalue weighted by Crippen LogP contribution is -2.54. The number of fused-ring (bicyclic) bond motifs is 1. The summed E-state index contributed by atoms with van der Waals surface area (Å²) in [5, 5.41) is 12.6. The van der Waals surface area contributed by atoms with E-state index in [0.717, 1.165) is 5.56 Å². The molecule has 0 aromatic heterocycles. The molecular weight excluding hydrogens is 338 g/mol. The molecule has 3 amide bonds. The van der Waals surface area contributed by atoms with Crippen LogP contribution in [0.25, 0.3) is 0 Å². The SMILES string of the molecule is CON1C(=O)[C@@H](NC(=O)[C@@H](CC(=O)NO)CC(C)C)Cc2ccccc21. The summed E-state index contributed by atoms with van der Waals surface area (Å²) in [5.74, 6) is -1.85. The number of carbonyl (C=O) groups is 3. The van der Waals surface area contributed by atoms with Gasteiger partial charge in [0.2, 0.25) is 11.8 Å². The Hall–Kier alpha value is -2.45. The number of para-hydroxylation sites is 1. The Morgan fingerprint density at radius 1 is 1.35 bits per heavy atom. The average molecular weight is 363 g/mol. The van der Waals surface area contributed by atoms with Gasteiger partial charge in [0.15, 0.2) is 0 Å². The summed E-state index contributed by atoms with van der Waals surface area (Å²) >= 11 is 0. The van der Waals surface area contributed by atoms with Crippen molar-refractivity contribution in [2.75, 3.05) is 12.2 Å². The highest BCUT2D eigenvalue weighted by atomic mass is 16.7. The molecule has 1 heterocycles. The number of rotatable bonds is 7. The van der Waals surface area contributed by atoms with E-state index >= 15 is 0 Å².